The first kappa shape index (κ1) is 33.6. The van der Waals surface area contributed by atoms with Crippen LogP contribution in [0.25, 0.3) is 11.1 Å². The highest BCUT2D eigenvalue weighted by Crippen LogP contribution is 2.41. The summed E-state index contributed by atoms with van der Waals surface area (Å²) in [6, 6.07) is 6.52. The number of aromatic nitrogens is 1. The molecule has 0 saturated carbocycles. The van der Waals surface area contributed by atoms with Crippen LogP contribution >= 0.6 is 0 Å². The number of likely N-dealkylation sites (N-methyl/N-ethyl adjacent to an activating group) is 1. The Labute approximate surface area is 261 Å². The minimum absolute atomic E-state index is 0.00659. The van der Waals surface area contributed by atoms with E-state index >= 15 is 0 Å². The van der Waals surface area contributed by atoms with Gasteiger partial charge in [-0.05, 0) is 80.3 Å². The molecule has 2 saturated heterocycles. The maximum Gasteiger partial charge on any atom is 0.416 e. The van der Waals surface area contributed by atoms with Gasteiger partial charge in [0.15, 0.2) is 0 Å². The standard InChI is InChI=1S/C31H31F7N4O3S/c1-18-11-22(32)5-6-24(18)25-15-27(41-8-9-42-23(17-41)7-10-46(42,44)45)39-16-26(25)40(4)28(43)29(2,3)19-12-20(30(33,34)35)14-21(13-19)31(36,37)38/h5-6,11-16,23H,7-10,17H2,1-4H3/t23-/m0/s1. The molecule has 2 aromatic carbocycles. The van der Waals surface area contributed by atoms with Crippen LogP contribution < -0.4 is 9.80 Å². The Hall–Kier alpha value is -3.72. The second kappa shape index (κ2) is 11.5. The number of halogens is 7. The Bertz CT molecular complexity index is 1760. The summed E-state index contributed by atoms with van der Waals surface area (Å²) in [6.07, 6.45) is -8.37. The van der Waals surface area contributed by atoms with Gasteiger partial charge in [0, 0.05) is 38.3 Å². The van der Waals surface area contributed by atoms with Crippen LogP contribution in [0.3, 0.4) is 0 Å². The maximum atomic E-state index is 14.1. The Kier molecular flexibility index (Phi) is 8.42. The van der Waals surface area contributed by atoms with Gasteiger partial charge in [0.1, 0.15) is 11.6 Å². The molecule has 0 bridgehead atoms. The third-order valence-electron chi connectivity index (χ3n) is 8.68. The Balaban J connectivity index is 1.56. The molecule has 1 amide bonds. The number of hydrogen-bond donors (Lipinski definition) is 0. The molecule has 0 aliphatic carbocycles. The number of hydrogen-bond acceptors (Lipinski definition) is 5. The van der Waals surface area contributed by atoms with Gasteiger partial charge in [-0.2, -0.15) is 30.6 Å². The maximum absolute atomic E-state index is 14.1. The van der Waals surface area contributed by atoms with Gasteiger partial charge < -0.3 is 9.80 Å². The third-order valence-corrected chi connectivity index (χ3v) is 10.6. The zero-order chi connectivity index (χ0) is 34.0. The average Bonchev–Trinajstić information content (AvgIpc) is 3.28. The summed E-state index contributed by atoms with van der Waals surface area (Å²) in [6.45, 7) is 5.08. The molecule has 248 valence electrons. The molecule has 3 heterocycles. The second-order valence-corrected chi connectivity index (χ2v) is 14.2. The smallest absolute Gasteiger partial charge is 0.354 e. The second-order valence-electron chi connectivity index (χ2n) is 12.1. The molecular weight excluding hydrogens is 641 g/mol. The van der Waals surface area contributed by atoms with E-state index < -0.39 is 56.2 Å². The van der Waals surface area contributed by atoms with Crippen LogP contribution in [-0.4, -0.2) is 62.1 Å². The highest BCUT2D eigenvalue weighted by molar-refractivity contribution is 7.89. The number of carbonyl (C=O) groups is 1. The fraction of sp³-hybridized carbons (Fsp3) is 0.419. The number of rotatable bonds is 5. The summed E-state index contributed by atoms with van der Waals surface area (Å²) in [7, 11) is -1.98. The normalized spacial score (nSPS) is 18.8. The van der Waals surface area contributed by atoms with Gasteiger partial charge in [-0.15, -0.1) is 0 Å². The lowest BCUT2D eigenvalue weighted by Crippen LogP contribution is -2.51. The van der Waals surface area contributed by atoms with Gasteiger partial charge >= 0.3 is 12.4 Å². The molecule has 7 nitrogen and oxygen atoms in total. The van der Waals surface area contributed by atoms with E-state index in [0.717, 1.165) is 4.90 Å². The monoisotopic (exact) mass is 672 g/mol. The Morgan fingerprint density at radius 1 is 0.913 bits per heavy atom. The molecule has 15 heteroatoms. The minimum atomic E-state index is -5.10. The molecule has 0 unspecified atom stereocenters. The number of fused-ring (bicyclic) bond motifs is 1. The van der Waals surface area contributed by atoms with Crippen LogP contribution in [-0.2, 0) is 32.6 Å². The van der Waals surface area contributed by atoms with Crippen molar-refractivity contribution < 1.29 is 43.9 Å². The van der Waals surface area contributed by atoms with Crippen molar-refractivity contribution in [2.45, 2.75) is 51.0 Å². The van der Waals surface area contributed by atoms with Gasteiger partial charge in [-0.1, -0.05) is 6.07 Å². The molecule has 5 rings (SSSR count). The minimum Gasteiger partial charge on any atom is -0.354 e. The third kappa shape index (κ3) is 6.31. The van der Waals surface area contributed by atoms with E-state index in [2.05, 4.69) is 4.98 Å². The van der Waals surface area contributed by atoms with Crippen LogP contribution in [0.4, 0.5) is 42.2 Å². The van der Waals surface area contributed by atoms with E-state index in [9.17, 15) is 43.9 Å². The van der Waals surface area contributed by atoms with Crippen molar-refractivity contribution in [1.82, 2.24) is 9.29 Å². The Morgan fingerprint density at radius 2 is 1.52 bits per heavy atom. The average molecular weight is 673 g/mol. The summed E-state index contributed by atoms with van der Waals surface area (Å²) in [5.74, 6) is -0.817. The molecule has 1 atom stereocenters. The van der Waals surface area contributed by atoms with E-state index in [-0.39, 0.29) is 30.1 Å². The number of piperazine rings is 1. The number of pyridine rings is 1. The number of carbonyl (C=O) groups excluding carboxylic acids is 1. The molecule has 0 spiro atoms. The molecular formula is C31H31F7N4O3S. The van der Waals surface area contributed by atoms with Gasteiger partial charge in [-0.25, -0.2) is 17.8 Å². The van der Waals surface area contributed by atoms with Crippen molar-refractivity contribution in [3.8, 4) is 11.1 Å². The molecule has 0 radical (unpaired) electrons. The van der Waals surface area contributed by atoms with Gasteiger partial charge in [-0.3, -0.25) is 4.79 Å². The van der Waals surface area contributed by atoms with Crippen molar-refractivity contribution in [2.75, 3.05) is 42.2 Å². The highest BCUT2D eigenvalue weighted by Gasteiger charge is 2.43. The largest absolute Gasteiger partial charge is 0.416 e. The Morgan fingerprint density at radius 3 is 2.11 bits per heavy atom. The van der Waals surface area contributed by atoms with Crippen LogP contribution in [0.1, 0.15) is 42.5 Å². The number of anilines is 2. The fourth-order valence-electron chi connectivity index (χ4n) is 6.04. The summed E-state index contributed by atoms with van der Waals surface area (Å²) in [5.41, 5.74) is -3.82. The van der Waals surface area contributed by atoms with Crippen molar-refractivity contribution in [2.24, 2.45) is 0 Å². The highest BCUT2D eigenvalue weighted by atomic mass is 32.2. The number of alkyl halides is 6. The predicted octanol–water partition coefficient (Wildman–Crippen LogP) is 6.40. The molecule has 2 aliphatic rings. The topological polar surface area (TPSA) is 73.8 Å². The number of nitrogens with zero attached hydrogens (tertiary/aromatic N) is 4. The van der Waals surface area contributed by atoms with E-state index in [1.807, 2.05) is 4.90 Å². The van der Waals surface area contributed by atoms with E-state index in [1.54, 1.807) is 13.0 Å². The summed E-state index contributed by atoms with van der Waals surface area (Å²) < 4.78 is 122. The van der Waals surface area contributed by atoms with Crippen LogP contribution in [0.15, 0.2) is 48.7 Å². The summed E-state index contributed by atoms with van der Waals surface area (Å²) in [4.78, 5) is 21.5. The molecule has 3 aromatic rings. The number of benzene rings is 2. The number of amides is 1. The first-order chi connectivity index (χ1) is 21.2. The number of sulfonamides is 1. The summed E-state index contributed by atoms with van der Waals surface area (Å²) >= 11 is 0. The SMILES string of the molecule is Cc1cc(F)ccc1-c1cc(N2CCN3[C@@H](CCS3(=O)=O)C2)ncc1N(C)C(=O)C(C)(C)c1cc(C(F)(F)F)cc(C(F)(F)F)c1. The number of aryl methyl sites for hydroxylation is 1. The lowest BCUT2D eigenvalue weighted by atomic mass is 9.81. The lowest BCUT2D eigenvalue weighted by Gasteiger charge is -2.37. The molecule has 2 fully saturated rings. The summed E-state index contributed by atoms with van der Waals surface area (Å²) in [5, 5.41) is 0. The van der Waals surface area contributed by atoms with E-state index in [4.69, 9.17) is 0 Å². The van der Waals surface area contributed by atoms with Gasteiger partial charge in [0.25, 0.3) is 0 Å². The first-order valence-electron chi connectivity index (χ1n) is 14.3. The quantitative estimate of drug-likeness (QED) is 0.294. The molecule has 46 heavy (non-hydrogen) atoms. The molecule has 1 aromatic heterocycles. The van der Waals surface area contributed by atoms with Gasteiger partial charge in [0.2, 0.25) is 15.9 Å². The zero-order valence-corrected chi connectivity index (χ0v) is 26.1. The van der Waals surface area contributed by atoms with Gasteiger partial charge in [0.05, 0.1) is 34.2 Å². The van der Waals surface area contributed by atoms with Crippen LogP contribution in [0.2, 0.25) is 0 Å². The lowest BCUT2D eigenvalue weighted by molar-refractivity contribution is -0.143. The van der Waals surface area contributed by atoms with E-state index in [1.165, 1.54) is 49.6 Å². The fourth-order valence-corrected chi connectivity index (χ4v) is 7.83. The first-order valence-corrected chi connectivity index (χ1v) is 15.9. The van der Waals surface area contributed by atoms with Crippen molar-refractivity contribution in [3.63, 3.8) is 0 Å². The van der Waals surface area contributed by atoms with Crippen molar-refractivity contribution >= 4 is 27.4 Å². The zero-order valence-electron chi connectivity index (χ0n) is 25.3. The van der Waals surface area contributed by atoms with Crippen molar-refractivity contribution in [3.05, 3.63) is 76.7 Å². The predicted molar refractivity (Wildman–Crippen MR) is 158 cm³/mol. The molecule has 0 N–H and O–H groups in total. The van der Waals surface area contributed by atoms with Crippen molar-refractivity contribution in [1.29, 1.82) is 0 Å². The van der Waals surface area contributed by atoms with E-state index in [0.29, 0.717) is 54.2 Å². The van der Waals surface area contributed by atoms with Crippen LogP contribution in [0, 0.1) is 12.7 Å². The van der Waals surface area contributed by atoms with Crippen LogP contribution in [0.5, 0.6) is 0 Å². The molecule has 2 aliphatic heterocycles.